The summed E-state index contributed by atoms with van der Waals surface area (Å²) in [5, 5.41) is 77.9. The first-order valence-corrected chi connectivity index (χ1v) is 6.23. The third kappa shape index (κ3) is 16.9. The van der Waals surface area contributed by atoms with E-state index in [0.717, 1.165) is 0 Å². The van der Waals surface area contributed by atoms with E-state index in [-0.39, 0.29) is 51.2 Å². The summed E-state index contributed by atoms with van der Waals surface area (Å²) in [6.07, 6.45) is -5.43. The molecule has 17 heteroatoms. The zero-order chi connectivity index (χ0) is 21.3. The largest absolute Gasteiger partial charge is 2.00 e. The molecular formula is C12H10Fe3O14. The molecule has 29 heavy (non-hydrogen) atoms. The molecule has 0 aliphatic carbocycles. The Balaban J connectivity index is -0.000000120. The van der Waals surface area contributed by atoms with Crippen LogP contribution in [-0.2, 0) is 80.0 Å². The number of rotatable bonds is 10. The van der Waals surface area contributed by atoms with E-state index in [0.29, 0.717) is 0 Å². The van der Waals surface area contributed by atoms with E-state index in [9.17, 15) is 59.4 Å². The number of hydrogen-bond donors (Lipinski definition) is 2. The maximum absolute atomic E-state index is 10.1. The van der Waals surface area contributed by atoms with Crippen LogP contribution < -0.4 is 30.6 Å². The van der Waals surface area contributed by atoms with Crippen molar-refractivity contribution in [1.82, 2.24) is 0 Å². The Labute approximate surface area is 193 Å². The van der Waals surface area contributed by atoms with Gasteiger partial charge in [0.2, 0.25) is 0 Å². The molecule has 0 aliphatic rings. The van der Waals surface area contributed by atoms with Crippen LogP contribution in [-0.4, -0.2) is 57.2 Å². The van der Waals surface area contributed by atoms with Gasteiger partial charge in [0.05, 0.1) is 11.9 Å². The van der Waals surface area contributed by atoms with Crippen LogP contribution in [0.3, 0.4) is 0 Å². The maximum atomic E-state index is 10.1. The standard InChI is InChI=1S/2C6H8O7.3Fe/c2*7-3(8)1-6(13,5(11)12)2-4(9)10;;;/h2*13H,1-2H2,(H,7,8)(H,9,10)(H,11,12);;;/q;;3*+2/p-6/i;;1+3;;. The predicted molar refractivity (Wildman–Crippen MR) is 58.4 cm³/mol. The number of carboxylic acids is 6. The molecule has 0 spiro atoms. The fraction of sp³-hybridized carbons (Fsp3) is 0.500. The van der Waals surface area contributed by atoms with Crippen molar-refractivity contribution in [3.8, 4) is 0 Å². The fourth-order valence-corrected chi connectivity index (χ4v) is 1.37. The summed E-state index contributed by atoms with van der Waals surface area (Å²) < 4.78 is 0. The summed E-state index contributed by atoms with van der Waals surface area (Å²) in [6, 6.07) is 0. The minimum atomic E-state index is -2.97. The van der Waals surface area contributed by atoms with Gasteiger partial charge in [-0.15, -0.1) is 0 Å². The maximum Gasteiger partial charge on any atom is 2.00 e. The fourth-order valence-electron chi connectivity index (χ4n) is 1.37. The summed E-state index contributed by atoms with van der Waals surface area (Å²) in [5.41, 5.74) is -5.95. The summed E-state index contributed by atoms with van der Waals surface area (Å²) >= 11 is 0. The average molecular weight is 549 g/mol. The van der Waals surface area contributed by atoms with E-state index in [4.69, 9.17) is 10.2 Å². The van der Waals surface area contributed by atoms with Crippen LogP contribution in [0.5, 0.6) is 0 Å². The van der Waals surface area contributed by atoms with Crippen molar-refractivity contribution < 1.29 is 121 Å². The van der Waals surface area contributed by atoms with Crippen molar-refractivity contribution in [2.75, 3.05) is 0 Å². The van der Waals surface area contributed by atoms with E-state index in [2.05, 4.69) is 0 Å². The molecule has 0 unspecified atom stereocenters. The van der Waals surface area contributed by atoms with Crippen LogP contribution in [0.2, 0.25) is 0 Å². The molecule has 166 valence electrons. The van der Waals surface area contributed by atoms with Crippen molar-refractivity contribution in [3.63, 3.8) is 0 Å². The second-order valence-electron chi connectivity index (χ2n) is 4.83. The van der Waals surface area contributed by atoms with Gasteiger partial charge in [-0.1, -0.05) is 0 Å². The second kappa shape index (κ2) is 16.1. The molecule has 0 atom stereocenters. The molecule has 2 N–H and O–H groups in total. The van der Waals surface area contributed by atoms with Gasteiger partial charge in [-0.2, -0.15) is 0 Å². The van der Waals surface area contributed by atoms with Crippen LogP contribution in [0.25, 0.3) is 0 Å². The monoisotopic (exact) mass is 549 g/mol. The predicted octanol–water partition coefficient (Wildman–Crippen LogP) is -10.5. The van der Waals surface area contributed by atoms with Gasteiger partial charge in [0, 0.05) is 49.6 Å². The van der Waals surface area contributed by atoms with Gasteiger partial charge in [0.1, 0.15) is 11.2 Å². The molecule has 0 saturated carbocycles. The SMILES string of the molecule is O=C([O-])CC(O)(CC(=O)[O-])C(=O)[O-].O=C([O-])CC(O)(CC(=O)[O-])C(=O)[O-].[59Fe+2].[Fe+2].[Fe+2]. The molecular weight excluding hydrogens is 539 g/mol. The summed E-state index contributed by atoms with van der Waals surface area (Å²) in [6.45, 7) is 0. The molecule has 0 rings (SSSR count). The minimum Gasteiger partial charge on any atom is -0.550 e. The topological polar surface area (TPSA) is 281 Å². The first kappa shape index (κ1) is 38.0. The molecule has 0 heterocycles. The average Bonchev–Trinajstić information content (AvgIpc) is 2.34. The third-order valence-corrected chi connectivity index (χ3v) is 2.51. The second-order valence-corrected chi connectivity index (χ2v) is 4.83. The van der Waals surface area contributed by atoms with Crippen LogP contribution >= 0.6 is 0 Å². The van der Waals surface area contributed by atoms with Crippen LogP contribution in [0.1, 0.15) is 25.7 Å². The number of carbonyl (C=O) groups excluding carboxylic acids is 6. The molecule has 0 bridgehead atoms. The van der Waals surface area contributed by atoms with E-state index in [1.807, 2.05) is 0 Å². The van der Waals surface area contributed by atoms with Gasteiger partial charge in [-0.05, 0) is 0 Å². The number of aliphatic hydroxyl groups is 2. The summed E-state index contributed by atoms with van der Waals surface area (Å²) in [5.74, 6) is -12.0. The Morgan fingerprint density at radius 1 is 0.517 bits per heavy atom. The number of carbonyl (C=O) groups is 6. The first-order chi connectivity index (χ1) is 11.6. The van der Waals surface area contributed by atoms with Crippen molar-refractivity contribution in [2.45, 2.75) is 36.9 Å². The Hall–Kier alpha value is -1.70. The van der Waals surface area contributed by atoms with E-state index in [1.165, 1.54) is 0 Å². The molecule has 0 saturated heterocycles. The van der Waals surface area contributed by atoms with Gasteiger partial charge in [0.25, 0.3) is 0 Å². The molecule has 0 aromatic carbocycles. The quantitative estimate of drug-likeness (QED) is 0.240. The van der Waals surface area contributed by atoms with Crippen molar-refractivity contribution >= 4 is 35.8 Å². The van der Waals surface area contributed by atoms with E-state index < -0.39 is 72.7 Å². The molecule has 0 aromatic heterocycles. The number of hydrogen-bond acceptors (Lipinski definition) is 14. The summed E-state index contributed by atoms with van der Waals surface area (Å²) in [4.78, 5) is 60.0. The molecule has 0 amide bonds. The van der Waals surface area contributed by atoms with Gasteiger partial charge >= 0.3 is 51.2 Å². The molecule has 0 aliphatic heterocycles. The molecule has 0 fully saturated rings. The molecule has 0 radical (unpaired) electrons. The Kier molecular flexibility index (Phi) is 21.1. The Morgan fingerprint density at radius 3 is 0.724 bits per heavy atom. The Morgan fingerprint density at radius 2 is 0.655 bits per heavy atom. The van der Waals surface area contributed by atoms with Gasteiger partial charge in [-0.25, -0.2) is 0 Å². The third-order valence-electron chi connectivity index (χ3n) is 2.51. The first-order valence-electron chi connectivity index (χ1n) is 6.23. The van der Waals surface area contributed by atoms with E-state index in [1.54, 1.807) is 0 Å². The van der Waals surface area contributed by atoms with Crippen LogP contribution in [0, 0.1) is 0 Å². The van der Waals surface area contributed by atoms with Gasteiger partial charge in [0.15, 0.2) is 0 Å². The molecule has 0 aromatic rings. The Bertz CT molecular complexity index is 521. The minimum absolute atomic E-state index is 0. The van der Waals surface area contributed by atoms with Gasteiger partial charge in [-0.3, -0.25) is 0 Å². The summed E-state index contributed by atoms with van der Waals surface area (Å²) in [7, 11) is 0. The van der Waals surface area contributed by atoms with Crippen molar-refractivity contribution in [3.05, 3.63) is 0 Å². The number of aliphatic carboxylic acids is 6. The smallest absolute Gasteiger partial charge is 0.550 e. The number of carboxylic acid groups (broad SMARTS) is 6. The van der Waals surface area contributed by atoms with E-state index >= 15 is 0 Å². The van der Waals surface area contributed by atoms with Crippen LogP contribution in [0.15, 0.2) is 0 Å². The van der Waals surface area contributed by atoms with Crippen LogP contribution in [0.4, 0.5) is 0 Å². The van der Waals surface area contributed by atoms with Crippen molar-refractivity contribution in [2.24, 2.45) is 0 Å². The van der Waals surface area contributed by atoms with Crippen molar-refractivity contribution in [1.29, 1.82) is 0 Å². The zero-order valence-corrected chi connectivity index (χ0v) is 17.0. The zero-order valence-electron chi connectivity index (χ0n) is 13.7. The van der Waals surface area contributed by atoms with Gasteiger partial charge < -0.3 is 69.6 Å². The normalized spacial score (nSPS) is 9.72. The molecule has 14 nitrogen and oxygen atoms in total.